The van der Waals surface area contributed by atoms with E-state index in [0.29, 0.717) is 23.7 Å². The molecule has 0 aromatic heterocycles. The number of esters is 1. The lowest BCUT2D eigenvalue weighted by molar-refractivity contribution is -0.140. The molecule has 4 rings (SSSR count). The summed E-state index contributed by atoms with van der Waals surface area (Å²) in [5.74, 6) is 0.260. The third-order valence-electron chi connectivity index (χ3n) is 4.93. The van der Waals surface area contributed by atoms with E-state index in [4.69, 9.17) is 21.4 Å². The van der Waals surface area contributed by atoms with E-state index in [-0.39, 0.29) is 29.1 Å². The van der Waals surface area contributed by atoms with Gasteiger partial charge >= 0.3 is 11.2 Å². The molecule has 2 aliphatic heterocycles. The van der Waals surface area contributed by atoms with Crippen LogP contribution >= 0.6 is 23.4 Å². The van der Waals surface area contributed by atoms with Gasteiger partial charge in [-0.3, -0.25) is 9.59 Å². The normalized spacial score (nSPS) is 20.9. The number of halogens is 1. The van der Waals surface area contributed by atoms with Gasteiger partial charge in [-0.15, -0.1) is 0 Å². The van der Waals surface area contributed by atoms with E-state index in [0.717, 1.165) is 28.6 Å². The first-order valence-electron chi connectivity index (χ1n) is 9.61. The molecular formula is C22H20ClN3O3S. The highest BCUT2D eigenvalue weighted by molar-refractivity contribution is 8.15. The number of amides is 1. The summed E-state index contributed by atoms with van der Waals surface area (Å²) in [5, 5.41) is 6.90. The molecule has 0 spiro atoms. The first-order valence-corrected chi connectivity index (χ1v) is 10.9. The maximum Gasteiger partial charge on any atom is 0.307 e. The number of hydrogen-bond donors (Lipinski definition) is 0. The molecule has 0 radical (unpaired) electrons. The molecule has 2 heterocycles. The average molecular weight is 442 g/mol. The second-order valence-corrected chi connectivity index (χ2v) is 8.59. The number of aliphatic imine (C=N–C) groups is 1. The lowest BCUT2D eigenvalue weighted by atomic mass is 9.98. The molecule has 1 amide bonds. The van der Waals surface area contributed by atoms with Crippen molar-refractivity contribution < 1.29 is 14.3 Å². The molecule has 2 aromatic carbocycles. The van der Waals surface area contributed by atoms with E-state index in [1.54, 1.807) is 0 Å². The van der Waals surface area contributed by atoms with E-state index >= 15 is 0 Å². The van der Waals surface area contributed by atoms with E-state index < -0.39 is 0 Å². The van der Waals surface area contributed by atoms with Gasteiger partial charge in [0.2, 0.25) is 0 Å². The second-order valence-electron chi connectivity index (χ2n) is 7.00. The summed E-state index contributed by atoms with van der Waals surface area (Å²) in [6.45, 7) is 1.60. The molecule has 0 bridgehead atoms. The Morgan fingerprint density at radius 1 is 1.20 bits per heavy atom. The Balaban J connectivity index is 1.65. The molecule has 0 N–H and O–H groups in total. The minimum Gasteiger partial charge on any atom is -0.466 e. The van der Waals surface area contributed by atoms with Crippen LogP contribution in [0.5, 0.6) is 0 Å². The Hall–Kier alpha value is -2.64. The number of thioether (sulfide) groups is 1. The number of carbonyl (C=O) groups is 2. The molecule has 8 heteroatoms. The minimum absolute atomic E-state index is 0.0982. The van der Waals surface area contributed by atoms with Crippen LogP contribution in [0.3, 0.4) is 0 Å². The van der Waals surface area contributed by atoms with E-state index in [9.17, 15) is 9.59 Å². The Morgan fingerprint density at radius 2 is 1.93 bits per heavy atom. The molecule has 2 unspecified atom stereocenters. The predicted molar refractivity (Wildman–Crippen MR) is 119 cm³/mol. The number of ether oxygens (including phenoxy) is 1. The van der Waals surface area contributed by atoms with Gasteiger partial charge in [-0.05, 0) is 23.3 Å². The average Bonchev–Trinajstić information content (AvgIpc) is 3.32. The third-order valence-corrected chi connectivity index (χ3v) is 6.21. The van der Waals surface area contributed by atoms with Crippen molar-refractivity contribution in [1.82, 2.24) is 5.01 Å². The fourth-order valence-corrected chi connectivity index (χ4v) is 4.53. The zero-order valence-corrected chi connectivity index (χ0v) is 17.9. The Kier molecular flexibility index (Phi) is 6.20. The van der Waals surface area contributed by atoms with Gasteiger partial charge < -0.3 is 4.74 Å². The number of rotatable bonds is 5. The van der Waals surface area contributed by atoms with E-state index in [1.807, 2.05) is 59.6 Å². The number of hydrogen-bond acceptors (Lipinski definition) is 6. The minimum atomic E-state index is -0.340. The van der Waals surface area contributed by atoms with Crippen molar-refractivity contribution in [1.29, 1.82) is 0 Å². The monoisotopic (exact) mass is 441 g/mol. The molecule has 0 saturated heterocycles. The lowest BCUT2D eigenvalue weighted by Gasteiger charge is -2.26. The smallest absolute Gasteiger partial charge is 0.307 e. The topological polar surface area (TPSA) is 71.3 Å². The van der Waals surface area contributed by atoms with Crippen LogP contribution in [0.1, 0.15) is 36.9 Å². The van der Waals surface area contributed by atoms with Crippen molar-refractivity contribution in [2.75, 3.05) is 6.61 Å². The number of benzene rings is 2. The maximum absolute atomic E-state index is 12.1. The van der Waals surface area contributed by atoms with Gasteiger partial charge in [-0.1, -0.05) is 65.8 Å². The van der Waals surface area contributed by atoms with E-state index in [2.05, 4.69) is 4.99 Å². The van der Waals surface area contributed by atoms with Gasteiger partial charge in [0.15, 0.2) is 0 Å². The van der Waals surface area contributed by atoms with Crippen LogP contribution in [0.2, 0.25) is 5.02 Å². The fraction of sp³-hybridized carbons (Fsp3) is 0.273. The molecule has 6 nitrogen and oxygen atoms in total. The third kappa shape index (κ3) is 4.57. The number of hydrazone groups is 1. The van der Waals surface area contributed by atoms with Gasteiger partial charge in [-0.2, -0.15) is 10.1 Å². The van der Waals surface area contributed by atoms with Crippen molar-refractivity contribution >= 4 is 46.1 Å². The van der Waals surface area contributed by atoms with Crippen LogP contribution in [0.15, 0.2) is 64.7 Å². The van der Waals surface area contributed by atoms with Gasteiger partial charge in [0.1, 0.15) is 5.84 Å². The molecule has 2 atom stereocenters. The largest absolute Gasteiger partial charge is 0.466 e. The van der Waals surface area contributed by atoms with Gasteiger partial charge in [0.05, 0.1) is 23.6 Å². The fourth-order valence-electron chi connectivity index (χ4n) is 3.53. The van der Waals surface area contributed by atoms with Crippen LogP contribution in [0.4, 0.5) is 4.79 Å². The van der Waals surface area contributed by atoms with Crippen LogP contribution < -0.4 is 0 Å². The Bertz CT molecular complexity index is 1010. The van der Waals surface area contributed by atoms with Crippen molar-refractivity contribution in [3.05, 3.63) is 70.7 Å². The Labute approximate surface area is 184 Å². The lowest BCUT2D eigenvalue weighted by Crippen LogP contribution is -2.33. The molecule has 2 aliphatic rings. The first-order chi connectivity index (χ1) is 14.5. The van der Waals surface area contributed by atoms with Crippen LogP contribution in [-0.4, -0.2) is 39.6 Å². The molecule has 2 aromatic rings. The molecule has 0 aliphatic carbocycles. The summed E-state index contributed by atoms with van der Waals surface area (Å²) >= 11 is 7.22. The van der Waals surface area contributed by atoms with Gasteiger partial charge in [-0.25, -0.2) is 5.01 Å². The molecule has 0 fully saturated rings. The van der Waals surface area contributed by atoms with Crippen LogP contribution in [-0.2, 0) is 9.53 Å². The quantitative estimate of drug-likeness (QED) is 0.605. The van der Waals surface area contributed by atoms with Gasteiger partial charge in [0, 0.05) is 24.8 Å². The van der Waals surface area contributed by atoms with Crippen molar-refractivity contribution in [3.8, 4) is 0 Å². The summed E-state index contributed by atoms with van der Waals surface area (Å²) < 4.78 is 5.08. The predicted octanol–water partition coefficient (Wildman–Crippen LogP) is 5.08. The molecule has 0 saturated carbocycles. The number of carbonyl (C=O) groups excluding carboxylic acids is 2. The summed E-state index contributed by atoms with van der Waals surface area (Å²) in [7, 11) is 0. The standard InChI is InChI=1S/C22H20ClN3O3S/c1-14(27)29-12-11-20-21(24-22(28)30-20)26-19(16-7-9-17(23)10-8-16)13-18(25-26)15-5-3-2-4-6-15/h2-10,19-20H,11-13H2,1H3. The maximum atomic E-state index is 12.1. The van der Waals surface area contributed by atoms with Crippen molar-refractivity contribution in [2.24, 2.45) is 10.1 Å². The number of amidine groups is 1. The first kappa shape index (κ1) is 20.6. The molecule has 30 heavy (non-hydrogen) atoms. The van der Waals surface area contributed by atoms with E-state index in [1.165, 1.54) is 6.92 Å². The highest BCUT2D eigenvalue weighted by atomic mass is 35.5. The summed E-state index contributed by atoms with van der Waals surface area (Å²) in [6.07, 6.45) is 1.18. The number of nitrogens with zero attached hydrogens (tertiary/aromatic N) is 3. The van der Waals surface area contributed by atoms with Gasteiger partial charge in [0.25, 0.3) is 0 Å². The van der Waals surface area contributed by atoms with Crippen molar-refractivity contribution in [3.63, 3.8) is 0 Å². The van der Waals surface area contributed by atoms with Crippen molar-refractivity contribution in [2.45, 2.75) is 31.1 Å². The summed E-state index contributed by atoms with van der Waals surface area (Å²) in [5.41, 5.74) is 3.01. The highest BCUT2D eigenvalue weighted by Gasteiger charge is 2.39. The van der Waals surface area contributed by atoms with Crippen LogP contribution in [0.25, 0.3) is 0 Å². The summed E-state index contributed by atoms with van der Waals surface area (Å²) in [6, 6.07) is 17.5. The molecule has 154 valence electrons. The van der Waals surface area contributed by atoms with Crippen LogP contribution in [0, 0.1) is 0 Å². The second kappa shape index (κ2) is 9.02. The summed E-state index contributed by atoms with van der Waals surface area (Å²) in [4.78, 5) is 27.5. The highest BCUT2D eigenvalue weighted by Crippen LogP contribution is 2.38. The SMILES string of the molecule is CC(=O)OCCC1SC(=O)N=C1N1N=C(c2ccccc2)CC1c1ccc(Cl)cc1. The zero-order chi connectivity index (χ0) is 21.1. The molecular weight excluding hydrogens is 422 g/mol. The zero-order valence-electron chi connectivity index (χ0n) is 16.3. The Morgan fingerprint density at radius 3 is 2.63 bits per heavy atom.